The molecule has 1 aliphatic heterocycles. The van der Waals surface area contributed by atoms with E-state index < -0.39 is 5.60 Å². The van der Waals surface area contributed by atoms with Crippen molar-refractivity contribution >= 4 is 17.9 Å². The molecular weight excluding hydrogens is 318 g/mol. The average molecular weight is 347 g/mol. The molecule has 2 aliphatic rings. The van der Waals surface area contributed by atoms with Gasteiger partial charge in [0, 0.05) is 38.2 Å². The molecule has 2 heterocycles. The van der Waals surface area contributed by atoms with Crippen LogP contribution in [0.1, 0.15) is 58.1 Å². The number of nitrogen functional groups attached to an aromatic ring is 1. The van der Waals surface area contributed by atoms with Crippen LogP contribution in [0.5, 0.6) is 0 Å². The average Bonchev–Trinajstić information content (AvgIpc) is 3.07. The van der Waals surface area contributed by atoms with E-state index in [1.807, 2.05) is 20.8 Å². The SMILES string of the molecule is CC(C)(C)OC(=O)N1CCN(c2cc(C3CCCC3)nc(N)n2)CC1. The van der Waals surface area contributed by atoms with Crippen molar-refractivity contribution in [3.63, 3.8) is 0 Å². The zero-order chi connectivity index (χ0) is 18.0. The number of aromatic nitrogens is 2. The molecule has 2 N–H and O–H groups in total. The zero-order valence-corrected chi connectivity index (χ0v) is 15.5. The first-order valence-electron chi connectivity index (χ1n) is 9.19. The summed E-state index contributed by atoms with van der Waals surface area (Å²) in [5, 5.41) is 0. The number of hydrogen-bond donors (Lipinski definition) is 1. The zero-order valence-electron chi connectivity index (χ0n) is 15.5. The molecule has 1 amide bonds. The number of ether oxygens (including phenoxy) is 1. The van der Waals surface area contributed by atoms with Gasteiger partial charge in [0.1, 0.15) is 11.4 Å². The fourth-order valence-corrected chi connectivity index (χ4v) is 3.51. The van der Waals surface area contributed by atoms with Crippen LogP contribution in [0, 0.1) is 0 Å². The van der Waals surface area contributed by atoms with Crippen LogP contribution in [-0.2, 0) is 4.74 Å². The molecule has 1 aliphatic carbocycles. The number of amides is 1. The van der Waals surface area contributed by atoms with E-state index in [2.05, 4.69) is 20.9 Å². The summed E-state index contributed by atoms with van der Waals surface area (Å²) in [7, 11) is 0. The highest BCUT2D eigenvalue weighted by Gasteiger charge is 2.27. The van der Waals surface area contributed by atoms with Gasteiger partial charge in [-0.1, -0.05) is 12.8 Å². The van der Waals surface area contributed by atoms with E-state index in [9.17, 15) is 4.79 Å². The third-order valence-electron chi connectivity index (χ3n) is 4.78. The topological polar surface area (TPSA) is 84.6 Å². The summed E-state index contributed by atoms with van der Waals surface area (Å²) < 4.78 is 5.45. The molecule has 0 spiro atoms. The largest absolute Gasteiger partial charge is 0.444 e. The van der Waals surface area contributed by atoms with Gasteiger partial charge in [-0.05, 0) is 33.6 Å². The van der Waals surface area contributed by atoms with Gasteiger partial charge < -0.3 is 20.3 Å². The molecule has 25 heavy (non-hydrogen) atoms. The summed E-state index contributed by atoms with van der Waals surface area (Å²) in [6.07, 6.45) is 4.64. The molecule has 3 rings (SSSR count). The Kier molecular flexibility index (Phi) is 5.01. The van der Waals surface area contributed by atoms with Gasteiger partial charge in [0.15, 0.2) is 0 Å². The molecule has 1 aromatic heterocycles. The third-order valence-corrected chi connectivity index (χ3v) is 4.78. The van der Waals surface area contributed by atoms with Crippen LogP contribution in [0.3, 0.4) is 0 Å². The molecule has 1 aromatic rings. The third kappa shape index (κ3) is 4.52. The summed E-state index contributed by atoms with van der Waals surface area (Å²) in [6, 6.07) is 2.08. The van der Waals surface area contributed by atoms with Crippen molar-refractivity contribution in [2.24, 2.45) is 0 Å². The van der Waals surface area contributed by atoms with Crippen molar-refractivity contribution in [3.8, 4) is 0 Å². The van der Waals surface area contributed by atoms with Gasteiger partial charge in [0.2, 0.25) is 5.95 Å². The maximum atomic E-state index is 12.2. The van der Waals surface area contributed by atoms with Crippen LogP contribution in [0.2, 0.25) is 0 Å². The van der Waals surface area contributed by atoms with Crippen molar-refractivity contribution in [2.45, 2.75) is 58.0 Å². The lowest BCUT2D eigenvalue weighted by atomic mass is 10.0. The van der Waals surface area contributed by atoms with Crippen molar-refractivity contribution in [1.82, 2.24) is 14.9 Å². The molecular formula is C18H29N5O2. The Balaban J connectivity index is 1.64. The van der Waals surface area contributed by atoms with Crippen molar-refractivity contribution < 1.29 is 9.53 Å². The number of piperazine rings is 1. The molecule has 0 radical (unpaired) electrons. The van der Waals surface area contributed by atoms with Crippen LogP contribution >= 0.6 is 0 Å². The van der Waals surface area contributed by atoms with E-state index >= 15 is 0 Å². The Labute approximate surface area is 149 Å². The Bertz CT molecular complexity index is 614. The predicted octanol–water partition coefficient (Wildman–Crippen LogP) is 2.77. The summed E-state index contributed by atoms with van der Waals surface area (Å²) in [5.74, 6) is 1.72. The predicted molar refractivity (Wildman–Crippen MR) is 97.7 cm³/mol. The Morgan fingerprint density at radius 2 is 1.80 bits per heavy atom. The van der Waals surface area contributed by atoms with Crippen LogP contribution < -0.4 is 10.6 Å². The number of nitrogens with zero attached hydrogens (tertiary/aromatic N) is 4. The minimum atomic E-state index is -0.467. The van der Waals surface area contributed by atoms with E-state index in [1.165, 1.54) is 25.7 Å². The molecule has 0 unspecified atom stereocenters. The second-order valence-corrected chi connectivity index (χ2v) is 7.95. The number of anilines is 2. The Morgan fingerprint density at radius 1 is 1.16 bits per heavy atom. The molecule has 7 heteroatoms. The van der Waals surface area contributed by atoms with E-state index in [4.69, 9.17) is 10.5 Å². The maximum Gasteiger partial charge on any atom is 0.410 e. The number of hydrogen-bond acceptors (Lipinski definition) is 6. The fourth-order valence-electron chi connectivity index (χ4n) is 3.51. The first-order chi connectivity index (χ1) is 11.8. The fraction of sp³-hybridized carbons (Fsp3) is 0.722. The first kappa shape index (κ1) is 17.8. The molecule has 7 nitrogen and oxygen atoms in total. The second-order valence-electron chi connectivity index (χ2n) is 7.95. The molecule has 1 saturated carbocycles. The number of carbonyl (C=O) groups excluding carboxylic acids is 1. The quantitative estimate of drug-likeness (QED) is 0.885. The monoisotopic (exact) mass is 347 g/mol. The highest BCUT2D eigenvalue weighted by molar-refractivity contribution is 5.68. The summed E-state index contributed by atoms with van der Waals surface area (Å²) in [5.41, 5.74) is 6.54. The van der Waals surface area contributed by atoms with E-state index in [0.29, 0.717) is 25.0 Å². The molecule has 2 fully saturated rings. The molecule has 1 saturated heterocycles. The van der Waals surface area contributed by atoms with Crippen LogP contribution in [0.25, 0.3) is 0 Å². The van der Waals surface area contributed by atoms with Gasteiger partial charge in [0.25, 0.3) is 0 Å². The molecule has 138 valence electrons. The van der Waals surface area contributed by atoms with Gasteiger partial charge in [-0.2, -0.15) is 4.98 Å². The van der Waals surface area contributed by atoms with Gasteiger partial charge in [0.05, 0.1) is 5.69 Å². The summed E-state index contributed by atoms with van der Waals surface area (Å²) in [6.45, 7) is 8.34. The highest BCUT2D eigenvalue weighted by atomic mass is 16.6. The van der Waals surface area contributed by atoms with Crippen molar-refractivity contribution in [1.29, 1.82) is 0 Å². The molecule has 0 aromatic carbocycles. The van der Waals surface area contributed by atoms with Gasteiger partial charge in [-0.15, -0.1) is 0 Å². The summed E-state index contributed by atoms with van der Waals surface area (Å²) in [4.78, 5) is 25.0. The number of rotatable bonds is 2. The van der Waals surface area contributed by atoms with E-state index in [-0.39, 0.29) is 6.09 Å². The highest BCUT2D eigenvalue weighted by Crippen LogP contribution is 2.34. The first-order valence-corrected chi connectivity index (χ1v) is 9.19. The normalized spacial score (nSPS) is 19.3. The Hall–Kier alpha value is -2.05. The number of carbonyl (C=O) groups is 1. The minimum absolute atomic E-state index is 0.249. The van der Waals surface area contributed by atoms with Crippen molar-refractivity contribution in [3.05, 3.63) is 11.8 Å². The lowest BCUT2D eigenvalue weighted by molar-refractivity contribution is 0.0240. The summed E-state index contributed by atoms with van der Waals surface area (Å²) >= 11 is 0. The smallest absolute Gasteiger partial charge is 0.410 e. The lowest BCUT2D eigenvalue weighted by Crippen LogP contribution is -2.50. The lowest BCUT2D eigenvalue weighted by Gasteiger charge is -2.36. The molecule has 0 bridgehead atoms. The van der Waals surface area contributed by atoms with Crippen LogP contribution in [-0.4, -0.2) is 52.7 Å². The second kappa shape index (κ2) is 7.06. The van der Waals surface area contributed by atoms with Crippen molar-refractivity contribution in [2.75, 3.05) is 36.8 Å². The minimum Gasteiger partial charge on any atom is -0.444 e. The van der Waals surface area contributed by atoms with E-state index in [1.54, 1.807) is 4.90 Å². The van der Waals surface area contributed by atoms with E-state index in [0.717, 1.165) is 24.6 Å². The van der Waals surface area contributed by atoms with Crippen LogP contribution in [0.15, 0.2) is 6.07 Å². The van der Waals surface area contributed by atoms with Gasteiger partial charge in [-0.25, -0.2) is 9.78 Å². The standard InChI is InChI=1S/C18H29N5O2/c1-18(2,3)25-17(24)23-10-8-22(9-11-23)15-12-14(20-16(19)21-15)13-6-4-5-7-13/h12-13H,4-11H2,1-3H3,(H2,19,20,21). The number of nitrogens with two attached hydrogens (primary N) is 1. The van der Waals surface area contributed by atoms with Gasteiger partial charge in [-0.3, -0.25) is 0 Å². The maximum absolute atomic E-state index is 12.2. The van der Waals surface area contributed by atoms with Gasteiger partial charge >= 0.3 is 6.09 Å². The van der Waals surface area contributed by atoms with Crippen LogP contribution in [0.4, 0.5) is 16.6 Å². The Morgan fingerprint density at radius 3 is 2.40 bits per heavy atom. The molecule has 0 atom stereocenters.